The van der Waals surface area contributed by atoms with Crippen LogP contribution >= 0.6 is 0 Å². The molecule has 0 radical (unpaired) electrons. The minimum atomic E-state index is -0.391. The van der Waals surface area contributed by atoms with Crippen molar-refractivity contribution >= 4 is 5.78 Å². The zero-order chi connectivity index (χ0) is 13.1. The molecule has 4 nitrogen and oxygen atoms in total. The monoisotopic (exact) mass is 238 g/mol. The van der Waals surface area contributed by atoms with Gasteiger partial charge in [-0.05, 0) is 33.8 Å². The number of hydrogen-bond donors (Lipinski definition) is 0. The first-order valence-electron chi connectivity index (χ1n) is 5.95. The number of carbonyl (C=O) groups excluding carboxylic acids is 1. The highest BCUT2D eigenvalue weighted by molar-refractivity contribution is 5.81. The van der Waals surface area contributed by atoms with E-state index in [0.717, 1.165) is 5.69 Å². The van der Waals surface area contributed by atoms with Gasteiger partial charge in [0.15, 0.2) is 0 Å². The zero-order valence-electron chi connectivity index (χ0n) is 11.4. The summed E-state index contributed by atoms with van der Waals surface area (Å²) in [5, 5.41) is 4.36. The molecular weight excluding hydrogens is 216 g/mol. The number of hydrogen-bond acceptors (Lipinski definition) is 3. The van der Waals surface area contributed by atoms with E-state index in [1.54, 1.807) is 7.11 Å². The molecule has 0 saturated heterocycles. The maximum atomic E-state index is 11.8. The molecule has 0 amide bonds. The van der Waals surface area contributed by atoms with Gasteiger partial charge >= 0.3 is 0 Å². The summed E-state index contributed by atoms with van der Waals surface area (Å²) < 4.78 is 7.11. The summed E-state index contributed by atoms with van der Waals surface area (Å²) in [6.07, 6.45) is 2.71. The third kappa shape index (κ3) is 4.30. The fourth-order valence-corrected chi connectivity index (χ4v) is 1.57. The topological polar surface area (TPSA) is 44.1 Å². The molecule has 96 valence electrons. The largest absolute Gasteiger partial charge is 0.378 e. The lowest BCUT2D eigenvalue weighted by Crippen LogP contribution is -2.27. The van der Waals surface area contributed by atoms with Gasteiger partial charge in [-0.2, -0.15) is 5.10 Å². The Labute approximate surface area is 103 Å². The smallest absolute Gasteiger partial charge is 0.141 e. The second kappa shape index (κ2) is 5.45. The lowest BCUT2D eigenvalue weighted by atomic mass is 9.99. The average molecular weight is 238 g/mol. The van der Waals surface area contributed by atoms with Gasteiger partial charge in [-0.15, -0.1) is 0 Å². The first-order valence-corrected chi connectivity index (χ1v) is 5.95. The van der Waals surface area contributed by atoms with Crippen molar-refractivity contribution in [1.82, 2.24) is 9.78 Å². The molecule has 4 heteroatoms. The maximum Gasteiger partial charge on any atom is 0.141 e. The second-order valence-corrected chi connectivity index (χ2v) is 5.24. The number of methoxy groups -OCH3 is 1. The summed E-state index contributed by atoms with van der Waals surface area (Å²) >= 11 is 0. The molecule has 0 aromatic carbocycles. The Morgan fingerprint density at radius 3 is 2.65 bits per heavy atom. The SMILES string of the molecule is COC(C)(C)CC(=O)Cc1ccn(C(C)C)n1. The number of ether oxygens (including phenoxy) is 1. The average Bonchev–Trinajstić information content (AvgIpc) is 2.65. The Morgan fingerprint density at radius 2 is 2.18 bits per heavy atom. The van der Waals surface area contributed by atoms with E-state index in [-0.39, 0.29) is 5.78 Å². The second-order valence-electron chi connectivity index (χ2n) is 5.24. The number of rotatable bonds is 6. The maximum absolute atomic E-state index is 11.8. The van der Waals surface area contributed by atoms with E-state index in [1.165, 1.54) is 0 Å². The molecule has 1 aromatic rings. The van der Waals surface area contributed by atoms with Crippen LogP contribution in [0, 0.1) is 0 Å². The van der Waals surface area contributed by atoms with Gasteiger partial charge in [0.25, 0.3) is 0 Å². The van der Waals surface area contributed by atoms with Crippen LogP contribution in [0.2, 0.25) is 0 Å². The molecule has 1 rings (SSSR count). The number of Topliss-reactive ketones (excluding diaryl/α,β-unsaturated/α-hetero) is 1. The molecular formula is C13H22N2O2. The fourth-order valence-electron chi connectivity index (χ4n) is 1.57. The summed E-state index contributed by atoms with van der Waals surface area (Å²) in [4.78, 5) is 11.8. The zero-order valence-corrected chi connectivity index (χ0v) is 11.4. The number of nitrogens with zero attached hydrogens (tertiary/aromatic N) is 2. The predicted molar refractivity (Wildman–Crippen MR) is 67.0 cm³/mol. The van der Waals surface area contributed by atoms with E-state index in [9.17, 15) is 4.79 Å². The van der Waals surface area contributed by atoms with Gasteiger partial charge in [-0.1, -0.05) is 0 Å². The summed E-state index contributed by atoms with van der Waals surface area (Å²) in [5.74, 6) is 0.158. The highest BCUT2D eigenvalue weighted by Gasteiger charge is 2.21. The van der Waals surface area contributed by atoms with Gasteiger partial charge in [-0.3, -0.25) is 9.48 Å². The molecule has 0 N–H and O–H groups in total. The molecule has 17 heavy (non-hydrogen) atoms. The molecule has 0 aliphatic rings. The third-order valence-corrected chi connectivity index (χ3v) is 2.75. The van der Waals surface area contributed by atoms with E-state index in [1.807, 2.05) is 30.8 Å². The van der Waals surface area contributed by atoms with Crippen molar-refractivity contribution in [1.29, 1.82) is 0 Å². The third-order valence-electron chi connectivity index (χ3n) is 2.75. The minimum Gasteiger partial charge on any atom is -0.378 e. The molecule has 0 spiro atoms. The van der Waals surface area contributed by atoms with Gasteiger partial charge in [0.05, 0.1) is 17.7 Å². The molecule has 0 saturated carbocycles. The van der Waals surface area contributed by atoms with E-state index >= 15 is 0 Å². The Hall–Kier alpha value is -1.16. The van der Waals surface area contributed by atoms with Crippen LogP contribution in [-0.4, -0.2) is 28.3 Å². The molecule has 1 heterocycles. The highest BCUT2D eigenvalue weighted by atomic mass is 16.5. The molecule has 1 aromatic heterocycles. The number of aromatic nitrogens is 2. The van der Waals surface area contributed by atoms with Gasteiger partial charge in [0.2, 0.25) is 0 Å². The van der Waals surface area contributed by atoms with Crippen molar-refractivity contribution in [2.24, 2.45) is 0 Å². The van der Waals surface area contributed by atoms with Crippen molar-refractivity contribution in [2.75, 3.05) is 7.11 Å². The Bertz CT molecular complexity index is 381. The predicted octanol–water partition coefficient (Wildman–Crippen LogP) is 2.39. The van der Waals surface area contributed by atoms with Crippen LogP contribution < -0.4 is 0 Å². The van der Waals surface area contributed by atoms with Crippen molar-refractivity contribution in [3.05, 3.63) is 18.0 Å². The van der Waals surface area contributed by atoms with Crippen LogP contribution in [0.25, 0.3) is 0 Å². The molecule has 0 bridgehead atoms. The Morgan fingerprint density at radius 1 is 1.53 bits per heavy atom. The van der Waals surface area contributed by atoms with Crippen molar-refractivity contribution in [3.8, 4) is 0 Å². The lowest BCUT2D eigenvalue weighted by molar-refractivity contribution is -0.123. The summed E-state index contributed by atoms with van der Waals surface area (Å²) in [5.41, 5.74) is 0.438. The first kappa shape index (κ1) is 13.9. The standard InChI is InChI=1S/C13H22N2O2/c1-10(2)15-7-6-11(14-15)8-12(16)9-13(3,4)17-5/h6-7,10H,8-9H2,1-5H3. The van der Waals surface area contributed by atoms with Gasteiger partial charge in [-0.25, -0.2) is 0 Å². The van der Waals surface area contributed by atoms with Crippen LogP contribution in [0.3, 0.4) is 0 Å². The normalized spacial score (nSPS) is 12.1. The number of ketones is 1. The summed E-state index contributed by atoms with van der Waals surface area (Å²) in [7, 11) is 1.63. The van der Waals surface area contributed by atoms with Crippen LogP contribution in [0.1, 0.15) is 45.9 Å². The van der Waals surface area contributed by atoms with Crippen LogP contribution in [0.4, 0.5) is 0 Å². The van der Waals surface area contributed by atoms with Crippen LogP contribution in [0.15, 0.2) is 12.3 Å². The quantitative estimate of drug-likeness (QED) is 0.764. The van der Waals surface area contributed by atoms with Crippen LogP contribution in [-0.2, 0) is 16.0 Å². The molecule has 0 fully saturated rings. The highest BCUT2D eigenvalue weighted by Crippen LogP contribution is 2.15. The van der Waals surface area contributed by atoms with E-state index in [2.05, 4.69) is 18.9 Å². The van der Waals surface area contributed by atoms with Gasteiger partial charge < -0.3 is 4.74 Å². The Kier molecular flexibility index (Phi) is 4.46. The fraction of sp³-hybridized carbons (Fsp3) is 0.692. The molecule has 0 aliphatic heterocycles. The van der Waals surface area contributed by atoms with Gasteiger partial charge in [0, 0.05) is 25.8 Å². The van der Waals surface area contributed by atoms with E-state index in [4.69, 9.17) is 4.74 Å². The molecule has 0 aliphatic carbocycles. The van der Waals surface area contributed by atoms with Crippen molar-refractivity contribution in [3.63, 3.8) is 0 Å². The van der Waals surface area contributed by atoms with Crippen molar-refractivity contribution in [2.45, 2.75) is 52.2 Å². The number of carbonyl (C=O) groups is 1. The summed E-state index contributed by atoms with van der Waals surface area (Å²) in [6.45, 7) is 7.95. The minimum absolute atomic E-state index is 0.158. The van der Waals surface area contributed by atoms with Crippen molar-refractivity contribution < 1.29 is 9.53 Å². The van der Waals surface area contributed by atoms with E-state index < -0.39 is 5.60 Å². The first-order chi connectivity index (χ1) is 7.84. The summed E-state index contributed by atoms with van der Waals surface area (Å²) in [6, 6.07) is 2.23. The molecule has 0 unspecified atom stereocenters. The van der Waals surface area contributed by atoms with E-state index in [0.29, 0.717) is 18.9 Å². The van der Waals surface area contributed by atoms with Gasteiger partial charge in [0.1, 0.15) is 5.78 Å². The Balaban J connectivity index is 2.56. The molecule has 0 atom stereocenters. The van der Waals surface area contributed by atoms with Crippen LogP contribution in [0.5, 0.6) is 0 Å². The lowest BCUT2D eigenvalue weighted by Gasteiger charge is -2.21.